The first kappa shape index (κ1) is 16.5. The van der Waals surface area contributed by atoms with E-state index in [4.69, 9.17) is 4.52 Å². The van der Waals surface area contributed by atoms with Crippen molar-refractivity contribution >= 4 is 10.0 Å². The summed E-state index contributed by atoms with van der Waals surface area (Å²) in [5.41, 5.74) is 0.402. The van der Waals surface area contributed by atoms with Gasteiger partial charge >= 0.3 is 0 Å². The molecule has 7 heteroatoms. The van der Waals surface area contributed by atoms with Gasteiger partial charge in [-0.3, -0.25) is 4.90 Å². The highest BCUT2D eigenvalue weighted by atomic mass is 32.2. The Balaban J connectivity index is 1.98. The predicted molar refractivity (Wildman–Crippen MR) is 80.6 cm³/mol. The molecule has 0 aliphatic carbocycles. The smallest absolute Gasteiger partial charge is 0.246 e. The normalized spacial score (nSPS) is 22.4. The lowest BCUT2D eigenvalue weighted by Crippen LogP contribution is -2.46. The molecular formula is C14H25N3O3S. The van der Waals surface area contributed by atoms with E-state index in [0.29, 0.717) is 23.9 Å². The molecule has 1 aromatic heterocycles. The number of hydrogen-bond acceptors (Lipinski definition) is 5. The maximum Gasteiger partial charge on any atom is 0.246 e. The Morgan fingerprint density at radius 1 is 1.48 bits per heavy atom. The lowest BCUT2D eigenvalue weighted by Gasteiger charge is -2.35. The summed E-state index contributed by atoms with van der Waals surface area (Å²) in [6, 6.07) is 0.183. The highest BCUT2D eigenvalue weighted by Crippen LogP contribution is 2.20. The first-order chi connectivity index (χ1) is 9.81. The fraction of sp³-hybridized carbons (Fsp3) is 0.786. The molecule has 1 saturated heterocycles. The summed E-state index contributed by atoms with van der Waals surface area (Å²) >= 11 is 0. The van der Waals surface area contributed by atoms with Gasteiger partial charge in [-0.1, -0.05) is 12.1 Å². The van der Waals surface area contributed by atoms with Crippen LogP contribution in [0, 0.1) is 19.8 Å². The molecule has 1 N–H and O–H groups in total. The number of hydrogen-bond donors (Lipinski definition) is 1. The molecule has 0 unspecified atom stereocenters. The Morgan fingerprint density at radius 3 is 2.76 bits per heavy atom. The maximum absolute atomic E-state index is 12.4. The summed E-state index contributed by atoms with van der Waals surface area (Å²) in [6.07, 6.45) is 2.44. The van der Waals surface area contributed by atoms with Crippen molar-refractivity contribution in [1.29, 1.82) is 0 Å². The second-order valence-corrected chi connectivity index (χ2v) is 7.80. The quantitative estimate of drug-likeness (QED) is 0.895. The van der Waals surface area contributed by atoms with Gasteiger partial charge in [0.1, 0.15) is 10.6 Å². The van der Waals surface area contributed by atoms with Gasteiger partial charge in [0.15, 0.2) is 5.76 Å². The van der Waals surface area contributed by atoms with Crippen molar-refractivity contribution in [1.82, 2.24) is 14.8 Å². The van der Waals surface area contributed by atoms with Crippen LogP contribution in [0.1, 0.15) is 38.1 Å². The van der Waals surface area contributed by atoms with E-state index >= 15 is 0 Å². The van der Waals surface area contributed by atoms with Crippen LogP contribution in [0.3, 0.4) is 0 Å². The minimum atomic E-state index is -3.56. The van der Waals surface area contributed by atoms with Crippen molar-refractivity contribution < 1.29 is 12.9 Å². The Morgan fingerprint density at radius 2 is 2.19 bits per heavy atom. The number of rotatable bonds is 5. The highest BCUT2D eigenvalue weighted by Gasteiger charge is 2.26. The van der Waals surface area contributed by atoms with Crippen LogP contribution in [0.15, 0.2) is 9.42 Å². The van der Waals surface area contributed by atoms with Crippen molar-refractivity contribution in [2.75, 3.05) is 19.6 Å². The van der Waals surface area contributed by atoms with E-state index in [-0.39, 0.29) is 10.9 Å². The minimum absolute atomic E-state index is 0.168. The number of nitrogens with zero attached hydrogens (tertiary/aromatic N) is 2. The Kier molecular flexibility index (Phi) is 5.06. The molecule has 0 saturated carbocycles. The van der Waals surface area contributed by atoms with Crippen molar-refractivity contribution in [3.63, 3.8) is 0 Å². The molecule has 120 valence electrons. The van der Waals surface area contributed by atoms with Crippen molar-refractivity contribution in [2.45, 2.75) is 51.5 Å². The van der Waals surface area contributed by atoms with Crippen molar-refractivity contribution in [3.05, 3.63) is 11.5 Å². The summed E-state index contributed by atoms with van der Waals surface area (Å²) in [6.45, 7) is 10.0. The fourth-order valence-electron chi connectivity index (χ4n) is 2.92. The number of aryl methyl sites for hydroxylation is 2. The SMILES string of the molecule is Cc1noc(C)c1S(=O)(=O)NC[C@@H](C)N1CCC[C@@H](C)C1. The lowest BCUT2D eigenvalue weighted by atomic mass is 9.99. The van der Waals surface area contributed by atoms with Crippen LogP contribution in [0.4, 0.5) is 0 Å². The van der Waals surface area contributed by atoms with Gasteiger partial charge in [0.05, 0.1) is 0 Å². The van der Waals surface area contributed by atoms with E-state index in [2.05, 4.69) is 28.6 Å². The van der Waals surface area contributed by atoms with Gasteiger partial charge in [-0.25, -0.2) is 13.1 Å². The monoisotopic (exact) mass is 315 g/mol. The second-order valence-electron chi connectivity index (χ2n) is 6.10. The molecule has 1 aliphatic heterocycles. The zero-order chi connectivity index (χ0) is 15.6. The van der Waals surface area contributed by atoms with E-state index in [0.717, 1.165) is 13.1 Å². The first-order valence-electron chi connectivity index (χ1n) is 7.48. The molecule has 2 atom stereocenters. The zero-order valence-corrected chi connectivity index (χ0v) is 14.0. The molecule has 0 amide bonds. The van der Waals surface area contributed by atoms with E-state index < -0.39 is 10.0 Å². The highest BCUT2D eigenvalue weighted by molar-refractivity contribution is 7.89. The van der Waals surface area contributed by atoms with Crippen molar-refractivity contribution in [2.24, 2.45) is 5.92 Å². The van der Waals surface area contributed by atoms with E-state index in [9.17, 15) is 8.42 Å². The van der Waals surface area contributed by atoms with Crippen LogP contribution in [-0.2, 0) is 10.0 Å². The lowest BCUT2D eigenvalue weighted by molar-refractivity contribution is 0.140. The van der Waals surface area contributed by atoms with Gasteiger partial charge in [0.25, 0.3) is 0 Å². The van der Waals surface area contributed by atoms with Gasteiger partial charge in [0.2, 0.25) is 10.0 Å². The van der Waals surface area contributed by atoms with Crippen LogP contribution in [0.5, 0.6) is 0 Å². The van der Waals surface area contributed by atoms with Crippen LogP contribution < -0.4 is 4.72 Å². The van der Waals surface area contributed by atoms with E-state index in [1.165, 1.54) is 12.8 Å². The minimum Gasteiger partial charge on any atom is -0.360 e. The van der Waals surface area contributed by atoms with Gasteiger partial charge in [0, 0.05) is 19.1 Å². The van der Waals surface area contributed by atoms with Crippen LogP contribution >= 0.6 is 0 Å². The molecule has 0 spiro atoms. The molecule has 1 aromatic rings. The molecule has 1 fully saturated rings. The Bertz CT molecular complexity index is 563. The van der Waals surface area contributed by atoms with Crippen LogP contribution in [0.25, 0.3) is 0 Å². The maximum atomic E-state index is 12.4. The molecule has 0 aromatic carbocycles. The van der Waals surface area contributed by atoms with Gasteiger partial charge < -0.3 is 4.52 Å². The third kappa shape index (κ3) is 3.84. The fourth-order valence-corrected chi connectivity index (χ4v) is 4.36. The standard InChI is InChI=1S/C14H25N3O3S/c1-10-6-5-7-17(9-10)11(2)8-15-21(18,19)14-12(3)16-20-13(14)4/h10-11,15H,5-9H2,1-4H3/t10-,11-/m1/s1. The Labute approximate surface area is 126 Å². The largest absolute Gasteiger partial charge is 0.360 e. The number of piperidine rings is 1. The topological polar surface area (TPSA) is 75.4 Å². The van der Waals surface area contributed by atoms with Gasteiger partial charge in [-0.15, -0.1) is 0 Å². The summed E-state index contributed by atoms with van der Waals surface area (Å²) in [5.74, 6) is 1.01. The molecule has 0 bridgehead atoms. The van der Waals surface area contributed by atoms with Gasteiger partial charge in [-0.05, 0) is 46.1 Å². The number of nitrogens with one attached hydrogen (secondary N) is 1. The third-order valence-electron chi connectivity index (χ3n) is 4.12. The summed E-state index contributed by atoms with van der Waals surface area (Å²) in [4.78, 5) is 2.52. The molecular weight excluding hydrogens is 290 g/mol. The van der Waals surface area contributed by atoms with Crippen LogP contribution in [-0.4, -0.2) is 44.2 Å². The molecule has 2 rings (SSSR count). The molecule has 1 aliphatic rings. The number of aromatic nitrogens is 1. The van der Waals surface area contributed by atoms with Gasteiger partial charge in [-0.2, -0.15) is 0 Å². The zero-order valence-electron chi connectivity index (χ0n) is 13.2. The van der Waals surface area contributed by atoms with E-state index in [1.807, 2.05) is 0 Å². The Hall–Kier alpha value is -0.920. The molecule has 6 nitrogen and oxygen atoms in total. The second kappa shape index (κ2) is 6.46. The van der Waals surface area contributed by atoms with E-state index in [1.54, 1.807) is 13.8 Å². The molecule has 21 heavy (non-hydrogen) atoms. The predicted octanol–water partition coefficient (Wildman–Crippen LogP) is 1.69. The average molecular weight is 315 g/mol. The number of sulfonamides is 1. The summed E-state index contributed by atoms with van der Waals surface area (Å²) in [7, 11) is -3.56. The summed E-state index contributed by atoms with van der Waals surface area (Å²) in [5, 5.41) is 3.70. The molecule has 2 heterocycles. The number of likely N-dealkylation sites (tertiary alicyclic amines) is 1. The molecule has 0 radical (unpaired) electrons. The first-order valence-corrected chi connectivity index (χ1v) is 8.96. The average Bonchev–Trinajstić information content (AvgIpc) is 2.76. The van der Waals surface area contributed by atoms with Crippen molar-refractivity contribution in [3.8, 4) is 0 Å². The van der Waals surface area contributed by atoms with Crippen LogP contribution in [0.2, 0.25) is 0 Å². The third-order valence-corrected chi connectivity index (χ3v) is 5.78. The summed E-state index contributed by atoms with van der Waals surface area (Å²) < 4.78 is 32.3.